The lowest BCUT2D eigenvalue weighted by Gasteiger charge is -2.10. The van der Waals surface area contributed by atoms with E-state index in [9.17, 15) is 0 Å². The van der Waals surface area contributed by atoms with Gasteiger partial charge in [-0.25, -0.2) is 9.97 Å². The summed E-state index contributed by atoms with van der Waals surface area (Å²) < 4.78 is 2.08. The fourth-order valence-corrected chi connectivity index (χ4v) is 4.08. The third-order valence-electron chi connectivity index (χ3n) is 5.26. The standard InChI is InChI=1S/C28H18Br2N2/c29-24-14-10-21(11-15-24)26-18-27(22-12-16-25(30)17-13-22)32-28(31-26)23-8-6-20(7-9-23)19-4-2-1-3-5-19/h1-18H. The zero-order valence-electron chi connectivity index (χ0n) is 17.0. The SMILES string of the molecule is Brc1ccc(-c2cc(-c3ccc(Br)cc3)nc(-c3ccc(-c4ccccc4)cc3)n2)cc1. The fourth-order valence-electron chi connectivity index (χ4n) is 3.56. The number of aromatic nitrogens is 2. The van der Waals surface area contributed by atoms with E-state index in [1.165, 1.54) is 11.1 Å². The molecule has 5 aromatic rings. The molecular weight excluding hydrogens is 524 g/mol. The molecule has 5 rings (SSSR count). The van der Waals surface area contributed by atoms with Crippen molar-refractivity contribution in [2.75, 3.05) is 0 Å². The summed E-state index contributed by atoms with van der Waals surface area (Å²) in [5.74, 6) is 0.711. The molecule has 0 bridgehead atoms. The summed E-state index contributed by atoms with van der Waals surface area (Å²) in [6.45, 7) is 0. The molecule has 4 heteroatoms. The molecule has 0 radical (unpaired) electrons. The summed E-state index contributed by atoms with van der Waals surface area (Å²) >= 11 is 7.03. The van der Waals surface area contributed by atoms with Crippen molar-refractivity contribution in [3.8, 4) is 45.0 Å². The van der Waals surface area contributed by atoms with E-state index in [0.717, 1.165) is 37.0 Å². The first-order valence-corrected chi connectivity index (χ1v) is 11.8. The molecule has 0 amide bonds. The molecule has 0 aliphatic rings. The molecule has 0 saturated carbocycles. The number of hydrogen-bond donors (Lipinski definition) is 0. The van der Waals surface area contributed by atoms with Crippen molar-refractivity contribution < 1.29 is 0 Å². The summed E-state index contributed by atoms with van der Waals surface area (Å²) in [5.41, 5.74) is 7.25. The van der Waals surface area contributed by atoms with Crippen molar-refractivity contribution in [3.05, 3.63) is 118 Å². The van der Waals surface area contributed by atoms with Crippen molar-refractivity contribution in [3.63, 3.8) is 0 Å². The fraction of sp³-hybridized carbons (Fsp3) is 0. The molecule has 0 fully saturated rings. The van der Waals surface area contributed by atoms with E-state index in [2.05, 4.69) is 105 Å². The lowest BCUT2D eigenvalue weighted by Crippen LogP contribution is -1.96. The van der Waals surface area contributed by atoms with Gasteiger partial charge in [-0.2, -0.15) is 0 Å². The molecule has 2 nitrogen and oxygen atoms in total. The first kappa shape index (κ1) is 20.8. The Bertz CT molecular complexity index is 1280. The molecule has 0 spiro atoms. The second kappa shape index (κ2) is 9.19. The normalized spacial score (nSPS) is 10.8. The van der Waals surface area contributed by atoms with Gasteiger partial charge in [0.15, 0.2) is 5.82 Å². The van der Waals surface area contributed by atoms with Crippen molar-refractivity contribution in [2.45, 2.75) is 0 Å². The van der Waals surface area contributed by atoms with Crippen molar-refractivity contribution in [2.24, 2.45) is 0 Å². The van der Waals surface area contributed by atoms with Crippen LogP contribution in [-0.4, -0.2) is 9.97 Å². The maximum atomic E-state index is 4.91. The summed E-state index contributed by atoms with van der Waals surface area (Å²) in [6, 6.07) is 37.3. The molecule has 0 atom stereocenters. The zero-order valence-corrected chi connectivity index (χ0v) is 20.2. The Labute approximate surface area is 204 Å². The van der Waals surface area contributed by atoms with Gasteiger partial charge in [0.1, 0.15) is 0 Å². The molecule has 0 N–H and O–H groups in total. The summed E-state index contributed by atoms with van der Waals surface area (Å²) in [7, 11) is 0. The van der Waals surface area contributed by atoms with Crippen molar-refractivity contribution >= 4 is 31.9 Å². The van der Waals surface area contributed by atoms with Crippen LogP contribution in [-0.2, 0) is 0 Å². The molecule has 0 saturated heterocycles. The number of benzene rings is 4. The maximum absolute atomic E-state index is 4.91. The lowest BCUT2D eigenvalue weighted by atomic mass is 10.0. The Balaban J connectivity index is 1.60. The van der Waals surface area contributed by atoms with Crippen LogP contribution in [0, 0.1) is 0 Å². The quantitative estimate of drug-likeness (QED) is 0.227. The van der Waals surface area contributed by atoms with E-state index in [-0.39, 0.29) is 0 Å². The maximum Gasteiger partial charge on any atom is 0.160 e. The van der Waals surface area contributed by atoms with Crippen LogP contribution in [0.3, 0.4) is 0 Å². The molecule has 154 valence electrons. The minimum absolute atomic E-state index is 0.711. The molecule has 0 aliphatic heterocycles. The van der Waals surface area contributed by atoms with Gasteiger partial charge < -0.3 is 0 Å². The van der Waals surface area contributed by atoms with Gasteiger partial charge in [0.25, 0.3) is 0 Å². The minimum atomic E-state index is 0.711. The highest BCUT2D eigenvalue weighted by atomic mass is 79.9. The third-order valence-corrected chi connectivity index (χ3v) is 6.31. The van der Waals surface area contributed by atoms with Gasteiger partial charge in [-0.15, -0.1) is 0 Å². The van der Waals surface area contributed by atoms with Gasteiger partial charge in [-0.3, -0.25) is 0 Å². The smallest absolute Gasteiger partial charge is 0.160 e. The lowest BCUT2D eigenvalue weighted by molar-refractivity contribution is 1.18. The molecule has 1 aromatic heterocycles. The number of halogens is 2. The Morgan fingerprint density at radius 3 is 1.31 bits per heavy atom. The van der Waals surface area contributed by atoms with Gasteiger partial charge in [-0.1, -0.05) is 111 Å². The van der Waals surface area contributed by atoms with Gasteiger partial charge in [-0.05, 0) is 41.5 Å². The van der Waals surface area contributed by atoms with Crippen molar-refractivity contribution in [1.82, 2.24) is 9.97 Å². The third kappa shape index (κ3) is 4.57. The number of hydrogen-bond acceptors (Lipinski definition) is 2. The molecule has 1 heterocycles. The van der Waals surface area contributed by atoms with Crippen LogP contribution in [0.5, 0.6) is 0 Å². The van der Waals surface area contributed by atoms with Crippen LogP contribution in [0.25, 0.3) is 45.0 Å². The Kier molecular flexibility index (Phi) is 5.97. The molecule has 32 heavy (non-hydrogen) atoms. The van der Waals surface area contributed by atoms with E-state index < -0.39 is 0 Å². The van der Waals surface area contributed by atoms with Crippen molar-refractivity contribution in [1.29, 1.82) is 0 Å². The van der Waals surface area contributed by atoms with E-state index in [4.69, 9.17) is 9.97 Å². The predicted molar refractivity (Wildman–Crippen MR) is 139 cm³/mol. The predicted octanol–water partition coefficient (Wildman–Crippen LogP) is 8.67. The zero-order chi connectivity index (χ0) is 21.9. The second-order valence-corrected chi connectivity index (χ2v) is 9.25. The Morgan fingerprint density at radius 2 is 0.812 bits per heavy atom. The summed E-state index contributed by atoms with van der Waals surface area (Å²) in [5, 5.41) is 0. The van der Waals surface area contributed by atoms with E-state index in [1.54, 1.807) is 0 Å². The van der Waals surface area contributed by atoms with E-state index in [1.807, 2.05) is 36.4 Å². The number of rotatable bonds is 4. The topological polar surface area (TPSA) is 25.8 Å². The average Bonchev–Trinajstić information content (AvgIpc) is 2.85. The minimum Gasteiger partial charge on any atom is -0.228 e. The van der Waals surface area contributed by atoms with Crippen LogP contribution >= 0.6 is 31.9 Å². The summed E-state index contributed by atoms with van der Waals surface area (Å²) in [4.78, 5) is 9.83. The highest BCUT2D eigenvalue weighted by Crippen LogP contribution is 2.30. The van der Waals surface area contributed by atoms with Crippen LogP contribution < -0.4 is 0 Å². The largest absolute Gasteiger partial charge is 0.228 e. The van der Waals surface area contributed by atoms with Gasteiger partial charge in [0, 0.05) is 25.6 Å². The second-order valence-electron chi connectivity index (χ2n) is 7.42. The average molecular weight is 542 g/mol. The molecule has 0 aliphatic carbocycles. The Hall–Kier alpha value is -3.08. The van der Waals surface area contributed by atoms with Gasteiger partial charge in [0.2, 0.25) is 0 Å². The monoisotopic (exact) mass is 540 g/mol. The number of nitrogens with zero attached hydrogens (tertiary/aromatic N) is 2. The molecule has 4 aromatic carbocycles. The Morgan fingerprint density at radius 1 is 0.406 bits per heavy atom. The highest BCUT2D eigenvalue weighted by molar-refractivity contribution is 9.10. The molecular formula is C28H18Br2N2. The van der Waals surface area contributed by atoms with Gasteiger partial charge in [0.05, 0.1) is 11.4 Å². The molecule has 0 unspecified atom stereocenters. The van der Waals surface area contributed by atoms with Crippen LogP contribution in [0.4, 0.5) is 0 Å². The van der Waals surface area contributed by atoms with Crippen LogP contribution in [0.1, 0.15) is 0 Å². The van der Waals surface area contributed by atoms with E-state index >= 15 is 0 Å². The summed E-state index contributed by atoms with van der Waals surface area (Å²) in [6.07, 6.45) is 0. The van der Waals surface area contributed by atoms with Gasteiger partial charge >= 0.3 is 0 Å². The first-order valence-electron chi connectivity index (χ1n) is 10.2. The first-order chi connectivity index (χ1) is 15.7. The van der Waals surface area contributed by atoms with Crippen LogP contribution in [0.2, 0.25) is 0 Å². The van der Waals surface area contributed by atoms with Crippen LogP contribution in [0.15, 0.2) is 118 Å². The van der Waals surface area contributed by atoms with E-state index in [0.29, 0.717) is 5.82 Å². The highest BCUT2D eigenvalue weighted by Gasteiger charge is 2.11.